The minimum absolute atomic E-state index is 0.447. The van der Waals surface area contributed by atoms with Gasteiger partial charge in [0.15, 0.2) is 5.75 Å². The molecular weight excluding hydrogens is 314 g/mol. The molecule has 0 saturated heterocycles. The van der Waals surface area contributed by atoms with Gasteiger partial charge in [-0.05, 0) is 38.0 Å². The predicted octanol–water partition coefficient (Wildman–Crippen LogP) is 3.62. The lowest BCUT2D eigenvalue weighted by atomic mass is 9.96. The number of hydrogen-bond acceptors (Lipinski definition) is 6. The molecule has 0 bridgehead atoms. The van der Waals surface area contributed by atoms with Crippen LogP contribution in [0.3, 0.4) is 0 Å². The second kappa shape index (κ2) is 6.63. The van der Waals surface area contributed by atoms with Gasteiger partial charge in [0.2, 0.25) is 11.8 Å². The first kappa shape index (κ1) is 15.7. The molecule has 6 nitrogen and oxygen atoms in total. The Labute approximate surface area is 147 Å². The van der Waals surface area contributed by atoms with Crippen molar-refractivity contribution in [2.75, 3.05) is 10.6 Å². The van der Waals surface area contributed by atoms with Gasteiger partial charge in [-0.25, -0.2) is 9.97 Å². The van der Waals surface area contributed by atoms with Crippen LogP contribution in [0.5, 0.6) is 5.75 Å². The van der Waals surface area contributed by atoms with Gasteiger partial charge in [0.1, 0.15) is 5.70 Å². The summed E-state index contributed by atoms with van der Waals surface area (Å²) in [5.74, 6) is 1.93. The van der Waals surface area contributed by atoms with E-state index in [1.54, 1.807) is 0 Å². The number of para-hydroxylation sites is 2. The molecule has 1 fully saturated rings. The molecule has 1 saturated carbocycles. The maximum Gasteiger partial charge on any atom is 0.223 e. The largest absolute Gasteiger partial charge is 0.437 e. The molecule has 25 heavy (non-hydrogen) atoms. The SMILES string of the molecule is Cc1cc(/C(N)=C2/Nc3ccccc3O2)nc(NC2CCCCC2)n1. The third-order valence-electron chi connectivity index (χ3n) is 4.66. The minimum Gasteiger partial charge on any atom is -0.437 e. The van der Waals surface area contributed by atoms with Crippen LogP contribution < -0.4 is 21.1 Å². The van der Waals surface area contributed by atoms with Gasteiger partial charge >= 0.3 is 0 Å². The van der Waals surface area contributed by atoms with E-state index in [1.165, 1.54) is 32.1 Å². The highest BCUT2D eigenvalue weighted by Gasteiger charge is 2.21. The van der Waals surface area contributed by atoms with Crippen LogP contribution in [0.15, 0.2) is 36.2 Å². The van der Waals surface area contributed by atoms with Crippen LogP contribution in [0, 0.1) is 6.92 Å². The van der Waals surface area contributed by atoms with Gasteiger partial charge in [-0.15, -0.1) is 0 Å². The lowest BCUT2D eigenvalue weighted by molar-refractivity contribution is 0.458. The number of rotatable bonds is 3. The van der Waals surface area contributed by atoms with Crippen LogP contribution >= 0.6 is 0 Å². The average molecular weight is 337 g/mol. The highest BCUT2D eigenvalue weighted by Crippen LogP contribution is 2.34. The van der Waals surface area contributed by atoms with Crippen molar-refractivity contribution in [2.45, 2.75) is 45.1 Å². The number of hydrogen-bond donors (Lipinski definition) is 3. The van der Waals surface area contributed by atoms with Crippen LogP contribution in [-0.4, -0.2) is 16.0 Å². The van der Waals surface area contributed by atoms with E-state index in [9.17, 15) is 0 Å². The number of nitrogens with one attached hydrogen (secondary N) is 2. The summed E-state index contributed by atoms with van der Waals surface area (Å²) in [4.78, 5) is 9.12. The molecule has 1 aliphatic carbocycles. The van der Waals surface area contributed by atoms with Crippen LogP contribution in [0.25, 0.3) is 5.70 Å². The number of benzene rings is 1. The summed E-state index contributed by atoms with van der Waals surface area (Å²) in [5.41, 5.74) is 9.26. The maximum absolute atomic E-state index is 6.32. The number of aryl methyl sites for hydroxylation is 1. The second-order valence-corrected chi connectivity index (χ2v) is 6.66. The Bertz CT molecular complexity index is 784. The standard InChI is InChI=1S/C19H23N5O/c1-12-11-15(24-19(21-12)22-13-7-3-2-4-8-13)17(20)18-23-14-9-5-6-10-16(14)25-18/h5-6,9-11,13,23H,2-4,7-8,20H2,1H3,(H,21,22,24)/b18-17+. The van der Waals surface area contributed by atoms with Gasteiger partial charge in [-0.3, -0.25) is 0 Å². The lowest BCUT2D eigenvalue weighted by Gasteiger charge is -2.23. The topological polar surface area (TPSA) is 85.1 Å². The van der Waals surface area contributed by atoms with Gasteiger partial charge in [0.05, 0.1) is 11.4 Å². The number of nitrogens with two attached hydrogens (primary N) is 1. The molecule has 0 unspecified atom stereocenters. The monoisotopic (exact) mass is 337 g/mol. The summed E-state index contributed by atoms with van der Waals surface area (Å²) in [5, 5.41) is 6.67. The van der Waals surface area contributed by atoms with Crippen LogP contribution in [0.4, 0.5) is 11.6 Å². The number of fused-ring (bicyclic) bond motifs is 1. The molecule has 2 aromatic rings. The fraction of sp³-hybridized carbons (Fsp3) is 0.368. The van der Waals surface area contributed by atoms with Crippen molar-refractivity contribution >= 4 is 17.3 Å². The molecule has 6 heteroatoms. The summed E-state index contributed by atoms with van der Waals surface area (Å²) in [6.45, 7) is 1.95. The van der Waals surface area contributed by atoms with Crippen molar-refractivity contribution in [1.29, 1.82) is 0 Å². The molecule has 130 valence electrons. The first-order valence-corrected chi connectivity index (χ1v) is 8.85. The molecule has 0 radical (unpaired) electrons. The van der Waals surface area contributed by atoms with E-state index in [4.69, 9.17) is 10.5 Å². The smallest absolute Gasteiger partial charge is 0.223 e. The predicted molar refractivity (Wildman–Crippen MR) is 99.1 cm³/mol. The van der Waals surface area contributed by atoms with Crippen molar-refractivity contribution in [3.63, 3.8) is 0 Å². The van der Waals surface area contributed by atoms with E-state index in [0.717, 1.165) is 17.1 Å². The van der Waals surface area contributed by atoms with Crippen molar-refractivity contribution in [2.24, 2.45) is 5.73 Å². The van der Waals surface area contributed by atoms with Gasteiger partial charge in [0.25, 0.3) is 0 Å². The molecule has 1 aromatic carbocycles. The summed E-state index contributed by atoms with van der Waals surface area (Å²) in [6, 6.07) is 10.1. The number of aromatic nitrogens is 2. The zero-order valence-electron chi connectivity index (χ0n) is 14.4. The average Bonchev–Trinajstić information content (AvgIpc) is 3.05. The van der Waals surface area contributed by atoms with E-state index in [0.29, 0.717) is 29.3 Å². The van der Waals surface area contributed by atoms with Crippen molar-refractivity contribution < 1.29 is 4.74 Å². The van der Waals surface area contributed by atoms with Gasteiger partial charge < -0.3 is 21.1 Å². The fourth-order valence-corrected chi connectivity index (χ4v) is 3.36. The van der Waals surface area contributed by atoms with Gasteiger partial charge in [-0.2, -0.15) is 0 Å². The van der Waals surface area contributed by atoms with Crippen molar-refractivity contribution in [1.82, 2.24) is 9.97 Å². The molecule has 4 rings (SSSR count). The second-order valence-electron chi connectivity index (χ2n) is 6.66. The van der Waals surface area contributed by atoms with E-state index in [-0.39, 0.29) is 0 Å². The minimum atomic E-state index is 0.447. The van der Waals surface area contributed by atoms with Crippen LogP contribution in [-0.2, 0) is 0 Å². The van der Waals surface area contributed by atoms with Crippen LogP contribution in [0.1, 0.15) is 43.5 Å². The molecule has 1 aromatic heterocycles. The Balaban J connectivity index is 1.59. The number of anilines is 2. The summed E-state index contributed by atoms with van der Waals surface area (Å²) in [6.07, 6.45) is 6.18. The maximum atomic E-state index is 6.32. The van der Waals surface area contributed by atoms with Gasteiger partial charge in [0, 0.05) is 11.7 Å². The molecular formula is C19H23N5O. The molecule has 2 aliphatic rings. The van der Waals surface area contributed by atoms with Gasteiger partial charge in [-0.1, -0.05) is 31.4 Å². The Hall–Kier alpha value is -2.76. The van der Waals surface area contributed by atoms with Crippen molar-refractivity contribution in [3.8, 4) is 5.75 Å². The highest BCUT2D eigenvalue weighted by molar-refractivity contribution is 5.73. The third kappa shape index (κ3) is 3.38. The Morgan fingerprint density at radius 2 is 2.00 bits per heavy atom. The summed E-state index contributed by atoms with van der Waals surface area (Å²) >= 11 is 0. The van der Waals surface area contributed by atoms with E-state index >= 15 is 0 Å². The zero-order valence-corrected chi connectivity index (χ0v) is 14.4. The first-order valence-electron chi connectivity index (χ1n) is 8.85. The quantitative estimate of drug-likeness (QED) is 0.793. The van der Waals surface area contributed by atoms with E-state index < -0.39 is 0 Å². The Morgan fingerprint density at radius 1 is 1.20 bits per heavy atom. The molecule has 4 N–H and O–H groups in total. The summed E-state index contributed by atoms with van der Waals surface area (Å²) < 4.78 is 5.82. The molecule has 0 atom stereocenters. The zero-order chi connectivity index (χ0) is 17.2. The Kier molecular flexibility index (Phi) is 4.17. The van der Waals surface area contributed by atoms with Crippen LogP contribution in [0.2, 0.25) is 0 Å². The fourth-order valence-electron chi connectivity index (χ4n) is 3.36. The van der Waals surface area contributed by atoms with Crippen molar-refractivity contribution in [3.05, 3.63) is 47.6 Å². The number of nitrogens with zero attached hydrogens (tertiary/aromatic N) is 2. The molecule has 1 aliphatic heterocycles. The number of ether oxygens (including phenoxy) is 1. The highest BCUT2D eigenvalue weighted by atomic mass is 16.5. The normalized spacial score (nSPS) is 18.9. The lowest BCUT2D eigenvalue weighted by Crippen LogP contribution is -2.24. The van der Waals surface area contributed by atoms with E-state index in [1.807, 2.05) is 37.3 Å². The molecule has 0 spiro atoms. The third-order valence-corrected chi connectivity index (χ3v) is 4.66. The molecule has 2 heterocycles. The first-order chi connectivity index (χ1) is 12.2. The molecule has 0 amide bonds. The summed E-state index contributed by atoms with van der Waals surface area (Å²) in [7, 11) is 0. The van der Waals surface area contributed by atoms with E-state index in [2.05, 4.69) is 20.6 Å². The Morgan fingerprint density at radius 3 is 2.80 bits per heavy atom.